The molecular weight excluding hydrogens is 414 g/mol. The van der Waals surface area contributed by atoms with Crippen LogP contribution in [0.3, 0.4) is 0 Å². The van der Waals surface area contributed by atoms with Gasteiger partial charge in [-0.3, -0.25) is 4.79 Å². The van der Waals surface area contributed by atoms with Crippen molar-refractivity contribution in [3.8, 4) is 0 Å². The summed E-state index contributed by atoms with van der Waals surface area (Å²) in [7, 11) is 0. The lowest BCUT2D eigenvalue weighted by Crippen LogP contribution is -2.42. The average Bonchev–Trinajstić information content (AvgIpc) is 2.46. The van der Waals surface area contributed by atoms with Crippen molar-refractivity contribution >= 4 is 43.7 Å². The predicted octanol–water partition coefficient (Wildman–Crippen LogP) is 3.64. The number of halogens is 2. The first-order valence-electron chi connectivity index (χ1n) is 6.49. The zero-order chi connectivity index (χ0) is 16.1. The second kappa shape index (κ2) is 7.56. The number of benzene rings is 2. The molecule has 1 amide bonds. The second-order valence-electron chi connectivity index (χ2n) is 4.71. The maximum Gasteiger partial charge on any atom is 0.326 e. The van der Waals surface area contributed by atoms with Gasteiger partial charge in [0.05, 0.1) is 0 Å². The highest BCUT2D eigenvalue weighted by atomic mass is 79.9. The minimum Gasteiger partial charge on any atom is -0.480 e. The molecule has 0 aliphatic heterocycles. The minimum absolute atomic E-state index is 0.233. The first-order valence-corrected chi connectivity index (χ1v) is 8.08. The Balaban J connectivity index is 2.13. The molecule has 0 aliphatic carbocycles. The molecule has 1 atom stereocenters. The van der Waals surface area contributed by atoms with E-state index in [1.54, 1.807) is 18.2 Å². The van der Waals surface area contributed by atoms with Gasteiger partial charge in [0.2, 0.25) is 0 Å². The van der Waals surface area contributed by atoms with Crippen LogP contribution in [0.1, 0.15) is 15.9 Å². The lowest BCUT2D eigenvalue weighted by molar-refractivity contribution is -0.139. The predicted molar refractivity (Wildman–Crippen MR) is 90.9 cm³/mol. The van der Waals surface area contributed by atoms with Crippen LogP contribution in [0.5, 0.6) is 0 Å². The zero-order valence-corrected chi connectivity index (χ0v) is 14.6. The number of carbonyl (C=O) groups excluding carboxylic acids is 1. The van der Waals surface area contributed by atoms with Crippen molar-refractivity contribution in [2.75, 3.05) is 0 Å². The normalized spacial score (nSPS) is 11.7. The maximum absolute atomic E-state index is 12.2. The first kappa shape index (κ1) is 16.7. The summed E-state index contributed by atoms with van der Waals surface area (Å²) >= 11 is 6.61. The van der Waals surface area contributed by atoms with Gasteiger partial charge in [-0.2, -0.15) is 0 Å². The SMILES string of the molecule is O=C(N[C@H](Cc1ccccc1)C(=O)O)c1cc(Br)cc(Br)c1. The summed E-state index contributed by atoms with van der Waals surface area (Å²) in [6.07, 6.45) is 0.233. The van der Waals surface area contributed by atoms with Gasteiger partial charge in [-0.25, -0.2) is 4.79 Å². The van der Waals surface area contributed by atoms with E-state index in [9.17, 15) is 14.7 Å². The highest BCUT2D eigenvalue weighted by molar-refractivity contribution is 9.11. The van der Waals surface area contributed by atoms with Gasteiger partial charge in [-0.15, -0.1) is 0 Å². The van der Waals surface area contributed by atoms with Crippen LogP contribution in [0.4, 0.5) is 0 Å². The van der Waals surface area contributed by atoms with E-state index in [2.05, 4.69) is 37.2 Å². The summed E-state index contributed by atoms with van der Waals surface area (Å²) in [4.78, 5) is 23.6. The van der Waals surface area contributed by atoms with Crippen molar-refractivity contribution in [3.63, 3.8) is 0 Å². The maximum atomic E-state index is 12.2. The molecule has 0 saturated heterocycles. The molecule has 114 valence electrons. The Bertz CT molecular complexity index is 669. The van der Waals surface area contributed by atoms with E-state index in [4.69, 9.17) is 0 Å². The van der Waals surface area contributed by atoms with Gasteiger partial charge < -0.3 is 10.4 Å². The molecule has 6 heteroatoms. The lowest BCUT2D eigenvalue weighted by Gasteiger charge is -2.15. The summed E-state index contributed by atoms with van der Waals surface area (Å²) in [6, 6.07) is 13.3. The van der Waals surface area contributed by atoms with Gasteiger partial charge in [-0.05, 0) is 23.8 Å². The van der Waals surface area contributed by atoms with Crippen molar-refractivity contribution in [1.82, 2.24) is 5.32 Å². The Morgan fingerprint density at radius 1 is 1.05 bits per heavy atom. The molecule has 0 unspecified atom stereocenters. The number of amides is 1. The zero-order valence-electron chi connectivity index (χ0n) is 11.4. The molecule has 0 heterocycles. The molecule has 0 spiro atoms. The molecule has 22 heavy (non-hydrogen) atoms. The summed E-state index contributed by atoms with van der Waals surface area (Å²) in [6.45, 7) is 0. The van der Waals surface area contributed by atoms with Crippen LogP contribution < -0.4 is 5.32 Å². The largest absolute Gasteiger partial charge is 0.480 e. The molecule has 0 saturated carbocycles. The fourth-order valence-electron chi connectivity index (χ4n) is 1.98. The number of carbonyl (C=O) groups is 2. The first-order chi connectivity index (χ1) is 10.5. The molecule has 0 radical (unpaired) electrons. The Morgan fingerprint density at radius 2 is 1.64 bits per heavy atom. The summed E-state index contributed by atoms with van der Waals surface area (Å²) in [5.41, 5.74) is 1.24. The van der Waals surface area contributed by atoms with Gasteiger partial charge in [0, 0.05) is 20.9 Å². The number of nitrogens with one attached hydrogen (secondary N) is 1. The monoisotopic (exact) mass is 425 g/mol. The fourth-order valence-corrected chi connectivity index (χ4v) is 3.27. The van der Waals surface area contributed by atoms with E-state index in [0.717, 1.165) is 14.5 Å². The van der Waals surface area contributed by atoms with E-state index in [1.165, 1.54) is 0 Å². The van der Waals surface area contributed by atoms with E-state index < -0.39 is 17.9 Å². The highest BCUT2D eigenvalue weighted by Crippen LogP contribution is 2.20. The van der Waals surface area contributed by atoms with Crippen LogP contribution in [0.15, 0.2) is 57.5 Å². The average molecular weight is 427 g/mol. The van der Waals surface area contributed by atoms with Gasteiger partial charge >= 0.3 is 5.97 Å². The molecule has 4 nitrogen and oxygen atoms in total. The molecule has 2 N–H and O–H groups in total. The number of carboxylic acid groups (broad SMARTS) is 1. The lowest BCUT2D eigenvalue weighted by atomic mass is 10.1. The Labute approximate surface area is 144 Å². The topological polar surface area (TPSA) is 66.4 Å². The quantitative estimate of drug-likeness (QED) is 0.766. The van der Waals surface area contributed by atoms with Crippen LogP contribution in [0.2, 0.25) is 0 Å². The van der Waals surface area contributed by atoms with Gasteiger partial charge in [0.25, 0.3) is 5.91 Å². The molecule has 2 aromatic carbocycles. The van der Waals surface area contributed by atoms with Gasteiger partial charge in [0.1, 0.15) is 6.04 Å². The third-order valence-corrected chi connectivity index (χ3v) is 3.93. The van der Waals surface area contributed by atoms with Crippen molar-refractivity contribution in [3.05, 3.63) is 68.6 Å². The fraction of sp³-hybridized carbons (Fsp3) is 0.125. The third kappa shape index (κ3) is 4.68. The molecule has 0 aromatic heterocycles. The molecular formula is C16H13Br2NO3. The van der Waals surface area contributed by atoms with E-state index in [-0.39, 0.29) is 6.42 Å². The van der Waals surface area contributed by atoms with Crippen LogP contribution >= 0.6 is 31.9 Å². The highest BCUT2D eigenvalue weighted by Gasteiger charge is 2.21. The van der Waals surface area contributed by atoms with Crippen LogP contribution in [0.25, 0.3) is 0 Å². The minimum atomic E-state index is -1.06. The number of carboxylic acids is 1. The number of rotatable bonds is 5. The van der Waals surface area contributed by atoms with E-state index in [0.29, 0.717) is 5.56 Å². The van der Waals surface area contributed by atoms with E-state index >= 15 is 0 Å². The molecule has 2 aromatic rings. The summed E-state index contributed by atoms with van der Waals surface area (Å²) < 4.78 is 1.48. The van der Waals surface area contributed by atoms with Crippen LogP contribution in [-0.4, -0.2) is 23.0 Å². The number of hydrogen-bond acceptors (Lipinski definition) is 2. The summed E-state index contributed by atoms with van der Waals surface area (Å²) in [5, 5.41) is 11.9. The van der Waals surface area contributed by atoms with Crippen molar-refractivity contribution in [1.29, 1.82) is 0 Å². The van der Waals surface area contributed by atoms with Crippen LogP contribution in [0, 0.1) is 0 Å². The standard InChI is InChI=1S/C16H13Br2NO3/c17-12-7-11(8-13(18)9-12)15(20)19-14(16(21)22)6-10-4-2-1-3-5-10/h1-5,7-9,14H,6H2,(H,19,20)(H,21,22)/t14-/m1/s1. The Hall–Kier alpha value is -1.66. The van der Waals surface area contributed by atoms with Crippen LogP contribution in [-0.2, 0) is 11.2 Å². The Kier molecular flexibility index (Phi) is 5.74. The molecule has 0 aliphatic rings. The summed E-state index contributed by atoms with van der Waals surface area (Å²) in [5.74, 6) is -1.49. The third-order valence-electron chi connectivity index (χ3n) is 3.01. The Morgan fingerprint density at radius 3 is 2.18 bits per heavy atom. The number of hydrogen-bond donors (Lipinski definition) is 2. The van der Waals surface area contributed by atoms with Crippen molar-refractivity contribution < 1.29 is 14.7 Å². The van der Waals surface area contributed by atoms with Gasteiger partial charge in [-0.1, -0.05) is 62.2 Å². The second-order valence-corrected chi connectivity index (χ2v) is 6.54. The van der Waals surface area contributed by atoms with Crippen molar-refractivity contribution in [2.45, 2.75) is 12.5 Å². The van der Waals surface area contributed by atoms with Gasteiger partial charge in [0.15, 0.2) is 0 Å². The molecule has 2 rings (SSSR count). The smallest absolute Gasteiger partial charge is 0.326 e. The van der Waals surface area contributed by atoms with Crippen molar-refractivity contribution in [2.24, 2.45) is 0 Å². The van der Waals surface area contributed by atoms with E-state index in [1.807, 2.05) is 30.3 Å². The number of aliphatic carboxylic acids is 1. The molecule has 0 bridgehead atoms. The molecule has 0 fully saturated rings.